The molecule has 6 nitrogen and oxygen atoms in total. The van der Waals surface area contributed by atoms with Crippen LogP contribution >= 0.6 is 11.8 Å². The predicted molar refractivity (Wildman–Crippen MR) is 108 cm³/mol. The summed E-state index contributed by atoms with van der Waals surface area (Å²) in [5, 5.41) is 19.9. The van der Waals surface area contributed by atoms with Gasteiger partial charge in [0.2, 0.25) is 11.8 Å². The molecule has 7 heteroatoms. The third-order valence-corrected chi connectivity index (χ3v) is 5.18. The quantitative estimate of drug-likeness (QED) is 0.599. The van der Waals surface area contributed by atoms with E-state index in [9.17, 15) is 4.79 Å². The molecule has 0 fully saturated rings. The molecule has 3 rings (SSSR count). The third kappa shape index (κ3) is 4.99. The van der Waals surface area contributed by atoms with E-state index < -0.39 is 5.25 Å². The monoisotopic (exact) mass is 392 g/mol. The highest BCUT2D eigenvalue weighted by Crippen LogP contribution is 2.26. The Morgan fingerprint density at radius 1 is 1.14 bits per heavy atom. The Kier molecular flexibility index (Phi) is 6.45. The number of para-hydroxylation sites is 1. The number of hydrogen-bond acceptors (Lipinski definition) is 6. The SMILES string of the molecule is CC(Sc1nnc(CC(C)c2ccccc2)o1)C(=O)Nc1ccccc1C#N. The van der Waals surface area contributed by atoms with Crippen molar-refractivity contribution in [2.75, 3.05) is 5.32 Å². The summed E-state index contributed by atoms with van der Waals surface area (Å²) < 4.78 is 5.70. The van der Waals surface area contributed by atoms with Crippen molar-refractivity contribution in [1.82, 2.24) is 10.2 Å². The van der Waals surface area contributed by atoms with Crippen LogP contribution in [0, 0.1) is 11.3 Å². The van der Waals surface area contributed by atoms with Crippen LogP contribution in [0.25, 0.3) is 0 Å². The summed E-state index contributed by atoms with van der Waals surface area (Å²) in [5.41, 5.74) is 2.12. The van der Waals surface area contributed by atoms with Crippen LogP contribution in [0.1, 0.15) is 36.8 Å². The maximum atomic E-state index is 12.4. The number of hydrogen-bond donors (Lipinski definition) is 1. The van der Waals surface area contributed by atoms with Crippen molar-refractivity contribution < 1.29 is 9.21 Å². The fourth-order valence-electron chi connectivity index (χ4n) is 2.66. The van der Waals surface area contributed by atoms with E-state index in [2.05, 4.69) is 40.6 Å². The van der Waals surface area contributed by atoms with Gasteiger partial charge in [-0.15, -0.1) is 10.2 Å². The molecule has 0 radical (unpaired) electrons. The van der Waals surface area contributed by atoms with Crippen molar-refractivity contribution >= 4 is 23.4 Å². The van der Waals surface area contributed by atoms with Gasteiger partial charge in [-0.2, -0.15) is 5.26 Å². The van der Waals surface area contributed by atoms with Gasteiger partial charge in [-0.1, -0.05) is 61.2 Å². The summed E-state index contributed by atoms with van der Waals surface area (Å²) in [5.74, 6) is 0.564. The Morgan fingerprint density at radius 2 is 1.86 bits per heavy atom. The van der Waals surface area contributed by atoms with Gasteiger partial charge in [0, 0.05) is 6.42 Å². The number of carbonyl (C=O) groups is 1. The smallest absolute Gasteiger partial charge is 0.277 e. The van der Waals surface area contributed by atoms with Crippen LogP contribution in [0.3, 0.4) is 0 Å². The van der Waals surface area contributed by atoms with Gasteiger partial charge in [0.15, 0.2) is 0 Å². The summed E-state index contributed by atoms with van der Waals surface area (Å²) in [4.78, 5) is 12.4. The predicted octanol–water partition coefficient (Wildman–Crippen LogP) is 4.41. The van der Waals surface area contributed by atoms with Gasteiger partial charge in [0.05, 0.1) is 16.5 Å². The highest BCUT2D eigenvalue weighted by Gasteiger charge is 2.20. The number of nitrogens with zero attached hydrogens (tertiary/aromatic N) is 3. The van der Waals surface area contributed by atoms with Gasteiger partial charge in [-0.05, 0) is 30.5 Å². The Balaban J connectivity index is 1.58. The van der Waals surface area contributed by atoms with E-state index in [0.717, 1.165) is 0 Å². The second kappa shape index (κ2) is 9.20. The number of aromatic nitrogens is 2. The minimum absolute atomic E-state index is 0.231. The maximum absolute atomic E-state index is 12.4. The van der Waals surface area contributed by atoms with Crippen molar-refractivity contribution in [2.24, 2.45) is 0 Å². The number of carbonyl (C=O) groups excluding carboxylic acids is 1. The van der Waals surface area contributed by atoms with E-state index in [1.807, 2.05) is 18.2 Å². The molecule has 1 amide bonds. The zero-order chi connectivity index (χ0) is 19.9. The van der Waals surface area contributed by atoms with Crippen molar-refractivity contribution in [1.29, 1.82) is 5.26 Å². The van der Waals surface area contributed by atoms with Crippen LogP contribution in [0.5, 0.6) is 0 Å². The van der Waals surface area contributed by atoms with Gasteiger partial charge in [0.25, 0.3) is 5.22 Å². The van der Waals surface area contributed by atoms with E-state index in [1.54, 1.807) is 31.2 Å². The van der Waals surface area contributed by atoms with Crippen molar-refractivity contribution in [3.05, 3.63) is 71.6 Å². The van der Waals surface area contributed by atoms with Crippen molar-refractivity contribution in [3.8, 4) is 6.07 Å². The second-order valence-electron chi connectivity index (χ2n) is 6.38. The van der Waals surface area contributed by atoms with Crippen LogP contribution in [0.4, 0.5) is 5.69 Å². The Labute approximate surface area is 168 Å². The van der Waals surface area contributed by atoms with E-state index in [4.69, 9.17) is 9.68 Å². The largest absolute Gasteiger partial charge is 0.416 e. The van der Waals surface area contributed by atoms with E-state index >= 15 is 0 Å². The average Bonchev–Trinajstić information content (AvgIpc) is 3.15. The first-order chi connectivity index (χ1) is 13.6. The van der Waals surface area contributed by atoms with Gasteiger partial charge in [0.1, 0.15) is 6.07 Å². The Morgan fingerprint density at radius 3 is 2.61 bits per heavy atom. The van der Waals surface area contributed by atoms with Gasteiger partial charge in [-0.25, -0.2) is 0 Å². The number of amides is 1. The Bertz CT molecular complexity index is 981. The molecule has 1 N–H and O–H groups in total. The molecule has 2 aromatic carbocycles. The lowest BCUT2D eigenvalue weighted by Crippen LogP contribution is -2.22. The summed E-state index contributed by atoms with van der Waals surface area (Å²) >= 11 is 1.19. The number of anilines is 1. The van der Waals surface area contributed by atoms with Crippen LogP contribution < -0.4 is 5.32 Å². The molecule has 142 valence electrons. The fraction of sp³-hybridized carbons (Fsp3) is 0.238. The minimum Gasteiger partial charge on any atom is -0.416 e. The van der Waals surface area contributed by atoms with Gasteiger partial charge < -0.3 is 9.73 Å². The molecule has 2 unspecified atom stereocenters. The first kappa shape index (κ1) is 19.6. The van der Waals surface area contributed by atoms with E-state index in [1.165, 1.54) is 17.3 Å². The van der Waals surface area contributed by atoms with Crippen molar-refractivity contribution in [3.63, 3.8) is 0 Å². The number of thioether (sulfide) groups is 1. The van der Waals surface area contributed by atoms with E-state index in [-0.39, 0.29) is 11.8 Å². The lowest BCUT2D eigenvalue weighted by atomic mass is 9.98. The molecular formula is C21H20N4O2S. The fourth-order valence-corrected chi connectivity index (χ4v) is 3.36. The zero-order valence-electron chi connectivity index (χ0n) is 15.6. The topological polar surface area (TPSA) is 91.8 Å². The molecule has 0 saturated carbocycles. The lowest BCUT2D eigenvalue weighted by molar-refractivity contribution is -0.115. The van der Waals surface area contributed by atoms with Gasteiger partial charge in [-0.3, -0.25) is 4.79 Å². The third-order valence-electron chi connectivity index (χ3n) is 4.25. The molecular weight excluding hydrogens is 372 g/mol. The number of benzene rings is 2. The molecule has 3 aromatic rings. The molecule has 2 atom stereocenters. The van der Waals surface area contributed by atoms with E-state index in [0.29, 0.717) is 28.8 Å². The van der Waals surface area contributed by atoms with Crippen LogP contribution in [-0.4, -0.2) is 21.4 Å². The number of nitriles is 1. The molecule has 1 aromatic heterocycles. The average molecular weight is 392 g/mol. The summed E-state index contributed by atoms with van der Waals surface area (Å²) in [6.07, 6.45) is 0.633. The second-order valence-corrected chi connectivity index (χ2v) is 7.68. The molecule has 0 aliphatic rings. The first-order valence-electron chi connectivity index (χ1n) is 8.90. The number of rotatable bonds is 7. The van der Waals surface area contributed by atoms with Crippen LogP contribution in [0.15, 0.2) is 64.2 Å². The minimum atomic E-state index is -0.452. The highest BCUT2D eigenvalue weighted by molar-refractivity contribution is 8.00. The molecule has 0 aliphatic heterocycles. The normalized spacial score (nSPS) is 12.8. The molecule has 1 heterocycles. The molecule has 0 saturated heterocycles. The standard InChI is InChI=1S/C21H20N4O2S/c1-14(16-8-4-3-5-9-16)12-19-24-25-21(27-19)28-15(2)20(26)23-18-11-7-6-10-17(18)13-22/h3-11,14-15H,12H2,1-2H3,(H,23,26). The molecule has 0 aliphatic carbocycles. The number of nitrogens with one attached hydrogen (secondary N) is 1. The van der Waals surface area contributed by atoms with Crippen LogP contribution in [0.2, 0.25) is 0 Å². The Hall–Kier alpha value is -3.11. The van der Waals surface area contributed by atoms with Crippen molar-refractivity contribution in [2.45, 2.75) is 36.7 Å². The summed E-state index contributed by atoms with van der Waals surface area (Å²) in [6.45, 7) is 3.86. The molecule has 28 heavy (non-hydrogen) atoms. The maximum Gasteiger partial charge on any atom is 0.277 e. The van der Waals surface area contributed by atoms with Crippen LogP contribution in [-0.2, 0) is 11.2 Å². The lowest BCUT2D eigenvalue weighted by Gasteiger charge is -2.11. The molecule has 0 spiro atoms. The zero-order valence-corrected chi connectivity index (χ0v) is 16.4. The summed E-state index contributed by atoms with van der Waals surface area (Å²) in [7, 11) is 0. The highest BCUT2D eigenvalue weighted by atomic mass is 32.2. The van der Waals surface area contributed by atoms with Gasteiger partial charge >= 0.3 is 0 Å². The molecule has 0 bridgehead atoms. The summed E-state index contributed by atoms with van der Waals surface area (Å²) in [6, 6.07) is 19.1. The first-order valence-corrected chi connectivity index (χ1v) is 9.78.